The van der Waals surface area contributed by atoms with Crippen LogP contribution in [-0.4, -0.2) is 33.9 Å². The van der Waals surface area contributed by atoms with E-state index in [0.717, 1.165) is 12.8 Å². The van der Waals surface area contributed by atoms with Crippen molar-refractivity contribution < 1.29 is 9.53 Å². The van der Waals surface area contributed by atoms with E-state index in [-0.39, 0.29) is 18.1 Å². The van der Waals surface area contributed by atoms with Crippen LogP contribution in [0.2, 0.25) is 0 Å². The minimum Gasteiger partial charge on any atom is -0.486 e. The Morgan fingerprint density at radius 1 is 1.10 bits per heavy atom. The largest absolute Gasteiger partial charge is 0.486 e. The molecule has 0 radical (unpaired) electrons. The number of nitrogens with one attached hydrogen (secondary N) is 1. The number of carbonyl (C=O) groups excluding carboxylic acids is 1. The second-order valence-electron chi connectivity index (χ2n) is 7.18. The standard InChI is InChI=1S/C23H23N3O3/c27-22-20(14-24-21(25-22)16-29-19-11-5-2-6-12-19)23(28)26-13-7-10-18(15-26)17-8-3-1-4-9-17/h1-6,8-9,11-12,14,18H,7,10,13,15-16H2,(H,24,25,27)/t18-/m0/s1. The Kier molecular flexibility index (Phi) is 5.70. The number of benzene rings is 2. The van der Waals surface area contributed by atoms with E-state index in [1.54, 1.807) is 4.90 Å². The molecule has 1 aliphatic heterocycles. The molecule has 1 aliphatic rings. The predicted octanol–water partition coefficient (Wildman–Crippen LogP) is 3.37. The van der Waals surface area contributed by atoms with Gasteiger partial charge in [-0.05, 0) is 30.5 Å². The summed E-state index contributed by atoms with van der Waals surface area (Å²) in [5.74, 6) is 1.10. The smallest absolute Gasteiger partial charge is 0.263 e. The predicted molar refractivity (Wildman–Crippen MR) is 110 cm³/mol. The number of aromatic amines is 1. The van der Waals surface area contributed by atoms with E-state index >= 15 is 0 Å². The minimum atomic E-state index is -0.432. The van der Waals surface area contributed by atoms with Crippen LogP contribution in [0.1, 0.15) is 40.5 Å². The van der Waals surface area contributed by atoms with Crippen LogP contribution in [0, 0.1) is 0 Å². The van der Waals surface area contributed by atoms with Crippen molar-refractivity contribution in [2.24, 2.45) is 0 Å². The van der Waals surface area contributed by atoms with Crippen LogP contribution < -0.4 is 10.3 Å². The molecular formula is C23H23N3O3. The van der Waals surface area contributed by atoms with Crippen molar-refractivity contribution in [1.82, 2.24) is 14.9 Å². The van der Waals surface area contributed by atoms with Gasteiger partial charge in [-0.3, -0.25) is 9.59 Å². The minimum absolute atomic E-state index is 0.0715. The second kappa shape index (κ2) is 8.73. The highest BCUT2D eigenvalue weighted by Gasteiger charge is 2.27. The summed E-state index contributed by atoms with van der Waals surface area (Å²) in [6, 6.07) is 19.5. The topological polar surface area (TPSA) is 75.3 Å². The van der Waals surface area contributed by atoms with Gasteiger partial charge in [0.25, 0.3) is 11.5 Å². The van der Waals surface area contributed by atoms with Gasteiger partial charge >= 0.3 is 0 Å². The van der Waals surface area contributed by atoms with Gasteiger partial charge in [0, 0.05) is 25.2 Å². The normalized spacial score (nSPS) is 16.4. The Bertz CT molecular complexity index is 1020. The first kappa shape index (κ1) is 18.9. The first-order chi connectivity index (χ1) is 14.2. The summed E-state index contributed by atoms with van der Waals surface area (Å²) >= 11 is 0. The number of aromatic nitrogens is 2. The van der Waals surface area contributed by atoms with Crippen molar-refractivity contribution in [2.45, 2.75) is 25.4 Å². The van der Waals surface area contributed by atoms with Crippen molar-refractivity contribution >= 4 is 5.91 Å². The van der Waals surface area contributed by atoms with E-state index in [4.69, 9.17) is 4.74 Å². The van der Waals surface area contributed by atoms with Crippen molar-refractivity contribution in [3.63, 3.8) is 0 Å². The van der Waals surface area contributed by atoms with Crippen molar-refractivity contribution in [3.8, 4) is 5.75 Å². The fraction of sp³-hybridized carbons (Fsp3) is 0.261. The van der Waals surface area contributed by atoms with E-state index in [0.29, 0.717) is 30.6 Å². The number of carbonyl (C=O) groups is 1. The third-order valence-electron chi connectivity index (χ3n) is 5.18. The number of piperidine rings is 1. The molecular weight excluding hydrogens is 366 g/mol. The number of para-hydroxylation sites is 1. The molecule has 29 heavy (non-hydrogen) atoms. The van der Waals surface area contributed by atoms with Gasteiger partial charge in [-0.2, -0.15) is 0 Å². The molecule has 1 N–H and O–H groups in total. The van der Waals surface area contributed by atoms with E-state index < -0.39 is 5.56 Å². The molecule has 3 aromatic rings. The molecule has 2 aromatic carbocycles. The highest BCUT2D eigenvalue weighted by atomic mass is 16.5. The first-order valence-corrected chi connectivity index (χ1v) is 9.81. The van der Waals surface area contributed by atoms with Gasteiger partial charge < -0.3 is 14.6 Å². The van der Waals surface area contributed by atoms with Crippen molar-refractivity contribution in [2.75, 3.05) is 13.1 Å². The van der Waals surface area contributed by atoms with Crippen LogP contribution in [-0.2, 0) is 6.61 Å². The monoisotopic (exact) mass is 389 g/mol. The highest BCUT2D eigenvalue weighted by Crippen LogP contribution is 2.27. The Morgan fingerprint density at radius 3 is 2.55 bits per heavy atom. The number of ether oxygens (including phenoxy) is 1. The molecule has 0 saturated carbocycles. The molecule has 0 bridgehead atoms. The molecule has 4 rings (SSSR count). The number of H-pyrrole nitrogens is 1. The van der Waals surface area contributed by atoms with Gasteiger partial charge in [-0.15, -0.1) is 0 Å². The molecule has 2 heterocycles. The van der Waals surface area contributed by atoms with Crippen molar-refractivity contribution in [3.05, 3.63) is 94.2 Å². The Balaban J connectivity index is 1.43. The second-order valence-corrected chi connectivity index (χ2v) is 7.18. The summed E-state index contributed by atoms with van der Waals surface area (Å²) < 4.78 is 5.60. The van der Waals surface area contributed by atoms with Crippen LogP contribution in [0.5, 0.6) is 5.75 Å². The Morgan fingerprint density at radius 2 is 1.83 bits per heavy atom. The van der Waals surface area contributed by atoms with Crippen LogP contribution >= 0.6 is 0 Å². The summed E-state index contributed by atoms with van der Waals surface area (Å²) in [5.41, 5.74) is 0.867. The SMILES string of the molecule is O=C(c1cnc(COc2ccccc2)[nH]c1=O)N1CCC[C@H](c2ccccc2)C1. The van der Waals surface area contributed by atoms with Crippen molar-refractivity contribution in [1.29, 1.82) is 0 Å². The lowest BCUT2D eigenvalue weighted by atomic mass is 9.90. The molecule has 0 aliphatic carbocycles. The Labute approximate surface area is 169 Å². The maximum Gasteiger partial charge on any atom is 0.263 e. The van der Waals surface area contributed by atoms with Crippen LogP contribution in [0.25, 0.3) is 0 Å². The van der Waals surface area contributed by atoms with Crippen LogP contribution in [0.3, 0.4) is 0 Å². The molecule has 148 valence electrons. The number of rotatable bonds is 5. The Hall–Kier alpha value is -3.41. The summed E-state index contributed by atoms with van der Waals surface area (Å²) in [6.07, 6.45) is 3.31. The lowest BCUT2D eigenvalue weighted by Gasteiger charge is -2.33. The quantitative estimate of drug-likeness (QED) is 0.726. The van der Waals surface area contributed by atoms with Crippen LogP contribution in [0.15, 0.2) is 71.7 Å². The van der Waals surface area contributed by atoms with Gasteiger partial charge in [-0.1, -0.05) is 48.5 Å². The maximum absolute atomic E-state index is 12.9. The van der Waals surface area contributed by atoms with E-state index in [1.165, 1.54) is 11.8 Å². The zero-order valence-electron chi connectivity index (χ0n) is 16.1. The fourth-order valence-electron chi connectivity index (χ4n) is 3.66. The molecule has 0 unspecified atom stereocenters. The maximum atomic E-state index is 12.9. The van der Waals surface area contributed by atoms with E-state index in [1.807, 2.05) is 48.5 Å². The van der Waals surface area contributed by atoms with Crippen LogP contribution in [0.4, 0.5) is 0 Å². The number of hydrogen-bond donors (Lipinski definition) is 1. The molecule has 6 nitrogen and oxygen atoms in total. The number of hydrogen-bond acceptors (Lipinski definition) is 4. The molecule has 1 fully saturated rings. The average molecular weight is 389 g/mol. The third-order valence-corrected chi connectivity index (χ3v) is 5.18. The van der Waals surface area contributed by atoms with Gasteiger partial charge in [0.05, 0.1) is 0 Å². The number of likely N-dealkylation sites (tertiary alicyclic amines) is 1. The fourth-order valence-corrected chi connectivity index (χ4v) is 3.66. The van der Waals surface area contributed by atoms with Gasteiger partial charge in [-0.25, -0.2) is 4.98 Å². The summed E-state index contributed by atoms with van der Waals surface area (Å²) in [6.45, 7) is 1.40. The van der Waals surface area contributed by atoms with Gasteiger partial charge in [0.15, 0.2) is 0 Å². The number of amides is 1. The highest BCUT2D eigenvalue weighted by molar-refractivity contribution is 5.93. The first-order valence-electron chi connectivity index (χ1n) is 9.81. The average Bonchev–Trinajstić information content (AvgIpc) is 2.79. The van der Waals surface area contributed by atoms with E-state index in [2.05, 4.69) is 22.1 Å². The van der Waals surface area contributed by atoms with E-state index in [9.17, 15) is 9.59 Å². The molecule has 1 aromatic heterocycles. The summed E-state index contributed by atoms with van der Waals surface area (Å²) in [4.78, 5) is 34.1. The lowest BCUT2D eigenvalue weighted by molar-refractivity contribution is 0.0704. The summed E-state index contributed by atoms with van der Waals surface area (Å²) in [5, 5.41) is 0. The van der Waals surface area contributed by atoms with Gasteiger partial charge in [0.1, 0.15) is 23.7 Å². The third kappa shape index (κ3) is 4.54. The zero-order valence-corrected chi connectivity index (χ0v) is 16.1. The number of nitrogens with zero attached hydrogens (tertiary/aromatic N) is 2. The lowest BCUT2D eigenvalue weighted by Crippen LogP contribution is -2.41. The molecule has 1 saturated heterocycles. The van der Waals surface area contributed by atoms with Gasteiger partial charge in [0.2, 0.25) is 0 Å². The molecule has 1 atom stereocenters. The molecule has 6 heteroatoms. The zero-order chi connectivity index (χ0) is 20.1. The molecule has 1 amide bonds. The summed E-state index contributed by atoms with van der Waals surface area (Å²) in [7, 11) is 0. The molecule has 0 spiro atoms.